The van der Waals surface area contributed by atoms with Crippen LogP contribution in [0.5, 0.6) is 0 Å². The molecule has 0 spiro atoms. The van der Waals surface area contributed by atoms with Gasteiger partial charge in [0.1, 0.15) is 5.82 Å². The molecule has 0 saturated carbocycles. The number of hydrogen-bond acceptors (Lipinski definition) is 2. The second-order valence-electron chi connectivity index (χ2n) is 3.46. The molecule has 0 saturated heterocycles. The molecule has 5 heteroatoms. The molecule has 0 aromatic heterocycles. The molecule has 3 nitrogen and oxygen atoms in total. The van der Waals surface area contributed by atoms with Crippen LogP contribution in [0.2, 0.25) is 0 Å². The zero-order valence-corrected chi connectivity index (χ0v) is 10.8. The third kappa shape index (κ3) is 4.91. The molecule has 0 aliphatic heterocycles. The maximum atomic E-state index is 12.7. The smallest absolute Gasteiger partial charge is 0.191 e. The standard InChI is InChI=1S/C12H16FN3S/c1-3-10(4-2)15-16-12(17)14-11-7-5-9(13)6-8-11/h5-8H,3-4H2,1-2H3,(H2,14,16,17). The van der Waals surface area contributed by atoms with Gasteiger partial charge in [0.05, 0.1) is 0 Å². The Kier molecular flexibility index (Phi) is 5.56. The topological polar surface area (TPSA) is 36.4 Å². The molecule has 0 bridgehead atoms. The average Bonchev–Trinajstić information content (AvgIpc) is 2.33. The summed E-state index contributed by atoms with van der Waals surface area (Å²) in [6.07, 6.45) is 1.78. The summed E-state index contributed by atoms with van der Waals surface area (Å²) in [6.45, 7) is 4.08. The summed E-state index contributed by atoms with van der Waals surface area (Å²) < 4.78 is 12.7. The van der Waals surface area contributed by atoms with Crippen molar-refractivity contribution < 1.29 is 4.39 Å². The van der Waals surface area contributed by atoms with Gasteiger partial charge in [-0.1, -0.05) is 13.8 Å². The van der Waals surface area contributed by atoms with Crippen molar-refractivity contribution in [2.75, 3.05) is 5.32 Å². The van der Waals surface area contributed by atoms with Gasteiger partial charge in [0.2, 0.25) is 0 Å². The molecule has 0 aliphatic carbocycles. The molecule has 0 fully saturated rings. The van der Waals surface area contributed by atoms with Gasteiger partial charge in [0.25, 0.3) is 0 Å². The number of nitrogens with one attached hydrogen (secondary N) is 2. The monoisotopic (exact) mass is 253 g/mol. The lowest BCUT2D eigenvalue weighted by molar-refractivity contribution is 0.628. The Morgan fingerprint density at radius 1 is 1.24 bits per heavy atom. The summed E-state index contributed by atoms with van der Waals surface area (Å²) >= 11 is 5.06. The molecule has 0 unspecified atom stereocenters. The van der Waals surface area contributed by atoms with Gasteiger partial charge in [-0.15, -0.1) is 0 Å². The van der Waals surface area contributed by atoms with E-state index in [1.165, 1.54) is 12.1 Å². The lowest BCUT2D eigenvalue weighted by atomic mass is 10.2. The summed E-state index contributed by atoms with van der Waals surface area (Å²) in [5, 5.41) is 7.48. The molecule has 0 aliphatic rings. The normalized spacial score (nSPS) is 9.59. The van der Waals surface area contributed by atoms with Crippen LogP contribution < -0.4 is 10.7 Å². The number of nitrogens with zero attached hydrogens (tertiary/aromatic N) is 1. The number of halogens is 1. The van der Waals surface area contributed by atoms with Crippen LogP contribution in [0.3, 0.4) is 0 Å². The molecular formula is C12H16FN3S. The van der Waals surface area contributed by atoms with Crippen molar-refractivity contribution in [1.82, 2.24) is 5.43 Å². The minimum Gasteiger partial charge on any atom is -0.331 e. The van der Waals surface area contributed by atoms with E-state index in [2.05, 4.69) is 15.8 Å². The SMILES string of the molecule is CCC(CC)=NNC(=S)Nc1ccc(F)cc1. The summed E-state index contributed by atoms with van der Waals surface area (Å²) in [7, 11) is 0. The molecule has 92 valence electrons. The van der Waals surface area contributed by atoms with Crippen molar-refractivity contribution >= 4 is 28.7 Å². The number of hydrogen-bond donors (Lipinski definition) is 2. The van der Waals surface area contributed by atoms with Crippen molar-refractivity contribution in [2.45, 2.75) is 26.7 Å². The van der Waals surface area contributed by atoms with Gasteiger partial charge in [-0.2, -0.15) is 5.10 Å². The zero-order valence-electron chi connectivity index (χ0n) is 9.96. The summed E-state index contributed by atoms with van der Waals surface area (Å²) in [6, 6.07) is 5.98. The van der Waals surface area contributed by atoms with Gasteiger partial charge < -0.3 is 5.32 Å². The Morgan fingerprint density at radius 2 is 1.82 bits per heavy atom. The van der Waals surface area contributed by atoms with Gasteiger partial charge in [0.15, 0.2) is 5.11 Å². The highest BCUT2D eigenvalue weighted by molar-refractivity contribution is 7.80. The number of benzene rings is 1. The van der Waals surface area contributed by atoms with Gasteiger partial charge in [-0.05, 0) is 49.3 Å². The highest BCUT2D eigenvalue weighted by Crippen LogP contribution is 2.07. The molecular weight excluding hydrogens is 237 g/mol. The quantitative estimate of drug-likeness (QED) is 0.491. The fourth-order valence-electron chi connectivity index (χ4n) is 1.23. The van der Waals surface area contributed by atoms with E-state index in [9.17, 15) is 4.39 Å². The maximum Gasteiger partial charge on any atom is 0.191 e. The van der Waals surface area contributed by atoms with E-state index in [4.69, 9.17) is 12.2 Å². The molecule has 17 heavy (non-hydrogen) atoms. The van der Waals surface area contributed by atoms with Crippen LogP contribution in [0.4, 0.5) is 10.1 Å². The van der Waals surface area contributed by atoms with Crippen molar-refractivity contribution in [3.8, 4) is 0 Å². The van der Waals surface area contributed by atoms with Crippen LogP contribution in [0, 0.1) is 5.82 Å². The molecule has 1 rings (SSSR count). The van der Waals surface area contributed by atoms with E-state index in [-0.39, 0.29) is 5.82 Å². The van der Waals surface area contributed by atoms with Gasteiger partial charge in [-0.25, -0.2) is 4.39 Å². The van der Waals surface area contributed by atoms with E-state index in [0.29, 0.717) is 5.11 Å². The fourth-order valence-corrected chi connectivity index (χ4v) is 1.39. The number of thiocarbonyl (C=S) groups is 1. The average molecular weight is 253 g/mol. The first-order chi connectivity index (χ1) is 8.15. The van der Waals surface area contributed by atoms with Crippen LogP contribution in [-0.2, 0) is 0 Å². The van der Waals surface area contributed by atoms with Crippen LogP contribution in [0.1, 0.15) is 26.7 Å². The van der Waals surface area contributed by atoms with Crippen molar-refractivity contribution in [1.29, 1.82) is 0 Å². The molecule has 0 amide bonds. The summed E-state index contributed by atoms with van der Waals surface area (Å²) in [4.78, 5) is 0. The van der Waals surface area contributed by atoms with Crippen LogP contribution in [0.15, 0.2) is 29.4 Å². The van der Waals surface area contributed by atoms with Gasteiger partial charge >= 0.3 is 0 Å². The van der Waals surface area contributed by atoms with Gasteiger partial charge in [0, 0.05) is 11.4 Å². The van der Waals surface area contributed by atoms with E-state index in [1.54, 1.807) is 12.1 Å². The third-order valence-electron chi connectivity index (χ3n) is 2.23. The third-order valence-corrected chi connectivity index (χ3v) is 2.43. The predicted octanol–water partition coefficient (Wildman–Crippen LogP) is 3.29. The number of anilines is 1. The Balaban J connectivity index is 2.50. The molecule has 2 N–H and O–H groups in total. The van der Waals surface area contributed by atoms with Gasteiger partial charge in [-0.3, -0.25) is 5.43 Å². The Bertz CT molecular complexity index is 395. The first kappa shape index (κ1) is 13.6. The molecule has 0 radical (unpaired) electrons. The molecule has 0 heterocycles. The maximum absolute atomic E-state index is 12.7. The highest BCUT2D eigenvalue weighted by atomic mass is 32.1. The molecule has 1 aromatic rings. The Hall–Kier alpha value is -1.49. The number of rotatable bonds is 4. The minimum absolute atomic E-state index is 0.272. The lowest BCUT2D eigenvalue weighted by Gasteiger charge is -2.08. The number of hydrazone groups is 1. The predicted molar refractivity (Wildman–Crippen MR) is 73.8 cm³/mol. The first-order valence-corrected chi connectivity index (χ1v) is 5.94. The van der Waals surface area contributed by atoms with E-state index in [0.717, 1.165) is 24.2 Å². The van der Waals surface area contributed by atoms with Crippen LogP contribution in [-0.4, -0.2) is 10.8 Å². The second kappa shape index (κ2) is 6.96. The summed E-state index contributed by atoms with van der Waals surface area (Å²) in [5.74, 6) is -0.272. The molecule has 1 aromatic carbocycles. The highest BCUT2D eigenvalue weighted by Gasteiger charge is 1.97. The van der Waals surface area contributed by atoms with Crippen LogP contribution in [0.25, 0.3) is 0 Å². The lowest BCUT2D eigenvalue weighted by Crippen LogP contribution is -2.25. The van der Waals surface area contributed by atoms with Crippen LogP contribution >= 0.6 is 12.2 Å². The largest absolute Gasteiger partial charge is 0.331 e. The zero-order chi connectivity index (χ0) is 12.7. The molecule has 0 atom stereocenters. The van der Waals surface area contributed by atoms with E-state index < -0.39 is 0 Å². The second-order valence-corrected chi connectivity index (χ2v) is 3.87. The minimum atomic E-state index is -0.272. The van der Waals surface area contributed by atoms with E-state index in [1.807, 2.05) is 13.8 Å². The Morgan fingerprint density at radius 3 is 2.35 bits per heavy atom. The first-order valence-electron chi connectivity index (χ1n) is 5.53. The van der Waals surface area contributed by atoms with E-state index >= 15 is 0 Å². The van der Waals surface area contributed by atoms with Crippen molar-refractivity contribution in [2.24, 2.45) is 5.10 Å². The summed E-state index contributed by atoms with van der Waals surface area (Å²) in [5.41, 5.74) is 4.54. The van der Waals surface area contributed by atoms with Crippen molar-refractivity contribution in [3.05, 3.63) is 30.1 Å². The Labute approximate surface area is 106 Å². The van der Waals surface area contributed by atoms with Crippen molar-refractivity contribution in [3.63, 3.8) is 0 Å². The fraction of sp³-hybridized carbons (Fsp3) is 0.333.